The van der Waals surface area contributed by atoms with Crippen molar-refractivity contribution in [3.8, 4) is 11.3 Å². The number of rotatable bonds is 6. The SMILES string of the molecule is Cc1nn(C2CC(CCCN)C2)cc1-c1cnc2c(N3CCN(C)CC3)cccc2n1. The first-order chi connectivity index (χ1) is 15.1. The molecule has 1 saturated heterocycles. The van der Waals surface area contributed by atoms with Crippen molar-refractivity contribution in [2.24, 2.45) is 11.7 Å². The Morgan fingerprint density at radius 2 is 1.94 bits per heavy atom. The van der Waals surface area contributed by atoms with Crippen LogP contribution in [0.15, 0.2) is 30.6 Å². The van der Waals surface area contributed by atoms with E-state index in [-0.39, 0.29) is 0 Å². The maximum atomic E-state index is 5.65. The Balaban J connectivity index is 1.37. The van der Waals surface area contributed by atoms with Gasteiger partial charge in [-0.25, -0.2) is 4.98 Å². The maximum Gasteiger partial charge on any atom is 0.112 e. The smallest absolute Gasteiger partial charge is 0.112 e. The molecule has 164 valence electrons. The van der Waals surface area contributed by atoms with Gasteiger partial charge in [0.1, 0.15) is 5.52 Å². The molecule has 0 radical (unpaired) electrons. The van der Waals surface area contributed by atoms with Gasteiger partial charge in [-0.2, -0.15) is 5.10 Å². The lowest BCUT2D eigenvalue weighted by atomic mass is 9.77. The maximum absolute atomic E-state index is 5.65. The zero-order chi connectivity index (χ0) is 21.4. The highest BCUT2D eigenvalue weighted by Gasteiger charge is 2.31. The summed E-state index contributed by atoms with van der Waals surface area (Å²) in [7, 11) is 2.18. The number of piperazine rings is 1. The number of fused-ring (bicyclic) bond motifs is 1. The van der Waals surface area contributed by atoms with Crippen LogP contribution in [-0.4, -0.2) is 64.4 Å². The molecule has 0 amide bonds. The average molecular weight is 420 g/mol. The lowest BCUT2D eigenvalue weighted by molar-refractivity contribution is 0.171. The quantitative estimate of drug-likeness (QED) is 0.661. The Labute approximate surface area is 184 Å². The molecule has 0 spiro atoms. The Morgan fingerprint density at radius 1 is 1.13 bits per heavy atom. The molecule has 7 heteroatoms. The van der Waals surface area contributed by atoms with Crippen LogP contribution in [0.1, 0.15) is 37.4 Å². The van der Waals surface area contributed by atoms with Crippen LogP contribution >= 0.6 is 0 Å². The molecule has 2 fully saturated rings. The standard InChI is InChI=1S/C24H33N7/c1-17-20(16-31(28-17)19-13-18(14-19)5-4-8-25)22-15-26-24-21(27-22)6-3-7-23(24)30-11-9-29(2)10-12-30/h3,6-7,15-16,18-19H,4-5,8-14,25H2,1-2H3. The molecule has 0 unspecified atom stereocenters. The highest BCUT2D eigenvalue weighted by Crippen LogP contribution is 2.41. The van der Waals surface area contributed by atoms with Crippen LogP contribution in [0.4, 0.5) is 5.69 Å². The molecule has 0 atom stereocenters. The van der Waals surface area contributed by atoms with Crippen LogP contribution < -0.4 is 10.6 Å². The summed E-state index contributed by atoms with van der Waals surface area (Å²) >= 11 is 0. The minimum absolute atomic E-state index is 0.507. The lowest BCUT2D eigenvalue weighted by Gasteiger charge is -2.35. The van der Waals surface area contributed by atoms with Gasteiger partial charge in [-0.3, -0.25) is 9.67 Å². The summed E-state index contributed by atoms with van der Waals surface area (Å²) in [5.41, 5.74) is 11.8. The van der Waals surface area contributed by atoms with Crippen molar-refractivity contribution in [1.82, 2.24) is 24.6 Å². The molecule has 2 aromatic heterocycles. The highest BCUT2D eigenvalue weighted by atomic mass is 15.3. The molecule has 2 N–H and O–H groups in total. The number of benzene rings is 1. The van der Waals surface area contributed by atoms with Crippen molar-refractivity contribution in [3.05, 3.63) is 36.3 Å². The molecule has 1 saturated carbocycles. The number of nitrogens with zero attached hydrogens (tertiary/aromatic N) is 6. The van der Waals surface area contributed by atoms with Crippen molar-refractivity contribution in [1.29, 1.82) is 0 Å². The van der Waals surface area contributed by atoms with Crippen LogP contribution in [0, 0.1) is 12.8 Å². The number of para-hydroxylation sites is 1. The van der Waals surface area contributed by atoms with E-state index in [4.69, 9.17) is 20.8 Å². The van der Waals surface area contributed by atoms with Gasteiger partial charge >= 0.3 is 0 Å². The van der Waals surface area contributed by atoms with Gasteiger partial charge in [0.2, 0.25) is 0 Å². The third-order valence-corrected chi connectivity index (χ3v) is 6.99. The van der Waals surface area contributed by atoms with Crippen molar-refractivity contribution in [2.45, 2.75) is 38.6 Å². The second-order valence-corrected chi connectivity index (χ2v) is 9.22. The zero-order valence-corrected chi connectivity index (χ0v) is 18.7. The van der Waals surface area contributed by atoms with E-state index in [2.05, 4.69) is 52.8 Å². The predicted molar refractivity (Wildman–Crippen MR) is 125 cm³/mol. The monoisotopic (exact) mass is 419 g/mol. The van der Waals surface area contributed by atoms with E-state index in [1.165, 1.54) is 24.9 Å². The highest BCUT2D eigenvalue weighted by molar-refractivity contribution is 5.89. The number of aryl methyl sites for hydroxylation is 1. The Kier molecular flexibility index (Phi) is 5.63. The molecule has 31 heavy (non-hydrogen) atoms. The average Bonchev–Trinajstić information content (AvgIpc) is 3.13. The van der Waals surface area contributed by atoms with E-state index in [1.807, 2.05) is 6.20 Å². The minimum Gasteiger partial charge on any atom is -0.367 e. The summed E-state index contributed by atoms with van der Waals surface area (Å²) in [4.78, 5) is 14.6. The fourth-order valence-electron chi connectivity index (χ4n) is 4.94. The van der Waals surface area contributed by atoms with Crippen molar-refractivity contribution in [2.75, 3.05) is 44.7 Å². The first kappa shape index (κ1) is 20.4. The summed E-state index contributed by atoms with van der Waals surface area (Å²) in [6, 6.07) is 6.84. The van der Waals surface area contributed by atoms with Gasteiger partial charge in [0.15, 0.2) is 0 Å². The fraction of sp³-hybridized carbons (Fsp3) is 0.542. The van der Waals surface area contributed by atoms with Crippen LogP contribution in [0.2, 0.25) is 0 Å². The molecule has 1 aliphatic heterocycles. The summed E-state index contributed by atoms with van der Waals surface area (Å²) in [6.45, 7) is 7.08. The first-order valence-electron chi connectivity index (χ1n) is 11.6. The van der Waals surface area contributed by atoms with Gasteiger partial charge in [0, 0.05) is 37.9 Å². The first-order valence-corrected chi connectivity index (χ1v) is 11.6. The lowest BCUT2D eigenvalue weighted by Crippen LogP contribution is -2.44. The van der Waals surface area contributed by atoms with Gasteiger partial charge in [-0.1, -0.05) is 6.07 Å². The number of likely N-dealkylation sites (N-methyl/N-ethyl adjacent to an activating group) is 1. The number of aromatic nitrogens is 4. The van der Waals surface area contributed by atoms with E-state index in [9.17, 15) is 0 Å². The third kappa shape index (κ3) is 4.04. The van der Waals surface area contributed by atoms with Crippen molar-refractivity contribution in [3.63, 3.8) is 0 Å². The molecule has 2 aliphatic rings. The number of hydrogen-bond donors (Lipinski definition) is 1. The molecule has 3 aromatic rings. The van der Waals surface area contributed by atoms with Crippen LogP contribution in [0.25, 0.3) is 22.3 Å². The molecule has 7 nitrogen and oxygen atoms in total. The summed E-state index contributed by atoms with van der Waals surface area (Å²) < 4.78 is 2.15. The van der Waals surface area contributed by atoms with Crippen LogP contribution in [0.5, 0.6) is 0 Å². The van der Waals surface area contributed by atoms with E-state index < -0.39 is 0 Å². The molecule has 0 bridgehead atoms. The predicted octanol–water partition coefficient (Wildman–Crippen LogP) is 3.24. The second kappa shape index (κ2) is 8.55. The van der Waals surface area contributed by atoms with Gasteiger partial charge < -0.3 is 15.5 Å². The molecule has 1 aromatic carbocycles. The van der Waals surface area contributed by atoms with Gasteiger partial charge in [0.05, 0.1) is 34.8 Å². The zero-order valence-electron chi connectivity index (χ0n) is 18.7. The number of anilines is 1. The Hall–Kier alpha value is -2.51. The minimum atomic E-state index is 0.507. The van der Waals surface area contributed by atoms with Gasteiger partial charge in [-0.15, -0.1) is 0 Å². The molecular weight excluding hydrogens is 386 g/mol. The molecule has 1 aliphatic carbocycles. The topological polar surface area (TPSA) is 76.1 Å². The molecule has 5 rings (SSSR count). The summed E-state index contributed by atoms with van der Waals surface area (Å²) in [5.74, 6) is 0.801. The van der Waals surface area contributed by atoms with Crippen LogP contribution in [-0.2, 0) is 0 Å². The van der Waals surface area contributed by atoms with Gasteiger partial charge in [0.25, 0.3) is 0 Å². The van der Waals surface area contributed by atoms with Crippen molar-refractivity contribution < 1.29 is 0 Å². The van der Waals surface area contributed by atoms with Gasteiger partial charge in [-0.05, 0) is 64.3 Å². The Bertz CT molecular complexity index is 1050. The van der Waals surface area contributed by atoms with E-state index in [0.717, 1.165) is 73.0 Å². The largest absolute Gasteiger partial charge is 0.367 e. The number of hydrogen-bond acceptors (Lipinski definition) is 6. The van der Waals surface area contributed by atoms with Crippen LogP contribution in [0.3, 0.4) is 0 Å². The Morgan fingerprint density at radius 3 is 2.71 bits per heavy atom. The second-order valence-electron chi connectivity index (χ2n) is 9.22. The van der Waals surface area contributed by atoms with Crippen molar-refractivity contribution >= 4 is 16.7 Å². The molecule has 3 heterocycles. The van der Waals surface area contributed by atoms with E-state index in [0.29, 0.717) is 6.04 Å². The third-order valence-electron chi connectivity index (χ3n) is 6.99. The normalized spacial score (nSPS) is 22.1. The molecular formula is C24H33N7. The fourth-order valence-corrected chi connectivity index (χ4v) is 4.94. The van der Waals surface area contributed by atoms with E-state index >= 15 is 0 Å². The summed E-state index contributed by atoms with van der Waals surface area (Å²) in [5, 5.41) is 4.81. The number of nitrogens with two attached hydrogens (primary N) is 1. The summed E-state index contributed by atoms with van der Waals surface area (Å²) in [6.07, 6.45) is 8.87. The van der Waals surface area contributed by atoms with E-state index in [1.54, 1.807) is 0 Å².